The fourth-order valence-corrected chi connectivity index (χ4v) is 6.02. The van der Waals surface area contributed by atoms with Crippen molar-refractivity contribution in [1.29, 1.82) is 0 Å². The number of carbonyl (C=O) groups is 1. The predicted molar refractivity (Wildman–Crippen MR) is 122 cm³/mol. The van der Waals surface area contributed by atoms with Crippen molar-refractivity contribution in [2.45, 2.75) is 44.6 Å². The van der Waals surface area contributed by atoms with Crippen LogP contribution in [0.1, 0.15) is 55.8 Å². The van der Waals surface area contributed by atoms with Crippen molar-refractivity contribution in [3.05, 3.63) is 59.3 Å². The largest absolute Gasteiger partial charge is 0.493 e. The maximum absolute atomic E-state index is 12.8. The van der Waals surface area contributed by atoms with E-state index < -0.39 is 0 Å². The molecule has 31 heavy (non-hydrogen) atoms. The summed E-state index contributed by atoms with van der Waals surface area (Å²) in [6.45, 7) is 5.14. The third-order valence-corrected chi connectivity index (χ3v) is 6.98. The van der Waals surface area contributed by atoms with E-state index in [1.54, 1.807) is 14.2 Å². The van der Waals surface area contributed by atoms with Gasteiger partial charge in [-0.2, -0.15) is 0 Å². The molecule has 0 bridgehead atoms. The van der Waals surface area contributed by atoms with Crippen molar-refractivity contribution >= 4 is 16.7 Å². The lowest BCUT2D eigenvalue weighted by Gasteiger charge is -2.48. The summed E-state index contributed by atoms with van der Waals surface area (Å²) in [6, 6.07) is 14.5. The predicted octanol–water partition coefficient (Wildman–Crippen LogP) is 4.89. The van der Waals surface area contributed by atoms with E-state index in [9.17, 15) is 4.79 Å². The topological polar surface area (TPSA) is 63.3 Å². The number of carbonyl (C=O) groups excluding carboxylic acids is 1. The number of nitrogens with one attached hydrogen (secondary N) is 2. The third kappa shape index (κ3) is 3.14. The Morgan fingerprint density at radius 2 is 1.81 bits per heavy atom. The van der Waals surface area contributed by atoms with Gasteiger partial charge in [-0.25, -0.2) is 0 Å². The summed E-state index contributed by atoms with van der Waals surface area (Å²) in [5.41, 5.74) is 4.21. The molecule has 3 aromatic rings. The standard InChI is InChI=1S/C26H30N2O3/c1-25(2)12-16(29)13-26(15-25)24-22(18-8-5-6-10-20(18)28-24)19(14-27-26)17-9-7-11-21(30-3)23(17)31-4/h5-11,19,27-28H,12-15H2,1-4H3/t19-,26+/m0/s1. The number of fused-ring (bicyclic) bond motifs is 4. The number of Topliss-reactive ketones (excluding diaryl/α,β-unsaturated/α-hetero) is 1. The lowest BCUT2D eigenvalue weighted by Crippen LogP contribution is -2.55. The molecule has 1 aliphatic heterocycles. The van der Waals surface area contributed by atoms with Gasteiger partial charge in [0.1, 0.15) is 5.78 Å². The molecule has 5 heteroatoms. The van der Waals surface area contributed by atoms with Crippen LogP contribution in [0.5, 0.6) is 11.5 Å². The molecule has 0 unspecified atom stereocenters. The molecular formula is C26H30N2O3. The first-order chi connectivity index (χ1) is 14.9. The fourth-order valence-electron chi connectivity index (χ4n) is 6.02. The van der Waals surface area contributed by atoms with Crippen LogP contribution in [-0.2, 0) is 10.3 Å². The molecule has 1 saturated carbocycles. The molecule has 0 radical (unpaired) electrons. The first-order valence-electron chi connectivity index (χ1n) is 11.0. The Bertz CT molecular complexity index is 1160. The van der Waals surface area contributed by atoms with Gasteiger partial charge in [-0.05, 0) is 29.5 Å². The van der Waals surface area contributed by atoms with Crippen LogP contribution < -0.4 is 14.8 Å². The molecule has 2 aromatic carbocycles. The number of aromatic amines is 1. The lowest BCUT2D eigenvalue weighted by molar-refractivity contribution is -0.126. The first-order valence-corrected chi connectivity index (χ1v) is 11.0. The van der Waals surface area contributed by atoms with Gasteiger partial charge in [0.15, 0.2) is 11.5 Å². The number of H-pyrrole nitrogens is 1. The molecule has 162 valence electrons. The number of aromatic nitrogens is 1. The number of hydrogen-bond donors (Lipinski definition) is 2. The Morgan fingerprint density at radius 3 is 2.55 bits per heavy atom. The summed E-state index contributed by atoms with van der Waals surface area (Å²) in [5, 5.41) is 5.04. The van der Waals surface area contributed by atoms with Crippen LogP contribution in [0.15, 0.2) is 42.5 Å². The van der Waals surface area contributed by atoms with Crippen molar-refractivity contribution < 1.29 is 14.3 Å². The molecule has 2 N–H and O–H groups in total. The molecular weight excluding hydrogens is 388 g/mol. The van der Waals surface area contributed by atoms with Crippen molar-refractivity contribution in [2.24, 2.45) is 5.41 Å². The molecule has 2 heterocycles. The van der Waals surface area contributed by atoms with Gasteiger partial charge < -0.3 is 19.8 Å². The van der Waals surface area contributed by atoms with Crippen LogP contribution >= 0.6 is 0 Å². The van der Waals surface area contributed by atoms with Gasteiger partial charge in [0, 0.05) is 47.5 Å². The Balaban J connectivity index is 1.74. The van der Waals surface area contributed by atoms with E-state index in [4.69, 9.17) is 9.47 Å². The van der Waals surface area contributed by atoms with E-state index >= 15 is 0 Å². The molecule has 2 aliphatic rings. The Hall–Kier alpha value is -2.79. The zero-order valence-electron chi connectivity index (χ0n) is 18.7. The number of ketones is 1. The summed E-state index contributed by atoms with van der Waals surface area (Å²) in [7, 11) is 3.36. The highest BCUT2D eigenvalue weighted by Crippen LogP contribution is 2.52. The van der Waals surface area contributed by atoms with Gasteiger partial charge in [-0.3, -0.25) is 4.79 Å². The third-order valence-electron chi connectivity index (χ3n) is 6.98. The van der Waals surface area contributed by atoms with E-state index in [2.05, 4.69) is 54.5 Å². The Morgan fingerprint density at radius 1 is 1.00 bits per heavy atom. The summed E-state index contributed by atoms with van der Waals surface area (Å²) in [6.07, 6.45) is 2.09. The van der Waals surface area contributed by atoms with Gasteiger partial charge in [0.25, 0.3) is 0 Å². The minimum Gasteiger partial charge on any atom is -0.493 e. The molecule has 5 nitrogen and oxygen atoms in total. The number of para-hydroxylation sites is 2. The minimum atomic E-state index is -0.365. The maximum atomic E-state index is 12.8. The summed E-state index contributed by atoms with van der Waals surface area (Å²) >= 11 is 0. The van der Waals surface area contributed by atoms with Crippen molar-refractivity contribution in [3.63, 3.8) is 0 Å². The molecule has 2 atom stereocenters. The smallest absolute Gasteiger partial charge is 0.164 e. The molecule has 0 saturated heterocycles. The number of ether oxygens (including phenoxy) is 2. The van der Waals surface area contributed by atoms with Crippen LogP contribution in [0.2, 0.25) is 0 Å². The molecule has 1 aromatic heterocycles. The van der Waals surface area contributed by atoms with E-state index in [-0.39, 0.29) is 16.9 Å². The summed E-state index contributed by atoms with van der Waals surface area (Å²) in [5.74, 6) is 1.91. The van der Waals surface area contributed by atoms with Crippen LogP contribution in [0.25, 0.3) is 10.9 Å². The van der Waals surface area contributed by atoms with Gasteiger partial charge in [0.2, 0.25) is 0 Å². The molecule has 0 amide bonds. The zero-order chi connectivity index (χ0) is 21.8. The van der Waals surface area contributed by atoms with Gasteiger partial charge in [-0.15, -0.1) is 0 Å². The second-order valence-corrected chi connectivity index (χ2v) is 9.79. The molecule has 5 rings (SSSR count). The Labute approximate surface area is 183 Å². The lowest BCUT2D eigenvalue weighted by atomic mass is 9.63. The van der Waals surface area contributed by atoms with Crippen molar-refractivity contribution in [1.82, 2.24) is 10.3 Å². The average Bonchev–Trinajstić information content (AvgIpc) is 3.13. The zero-order valence-corrected chi connectivity index (χ0v) is 18.7. The number of methoxy groups -OCH3 is 2. The Kier molecular flexibility index (Phi) is 4.63. The van der Waals surface area contributed by atoms with Gasteiger partial charge >= 0.3 is 0 Å². The highest BCUT2D eigenvalue weighted by Gasteiger charge is 2.50. The normalized spacial score (nSPS) is 24.9. The maximum Gasteiger partial charge on any atom is 0.164 e. The van der Waals surface area contributed by atoms with E-state index in [1.165, 1.54) is 10.9 Å². The van der Waals surface area contributed by atoms with Gasteiger partial charge in [-0.1, -0.05) is 44.2 Å². The monoisotopic (exact) mass is 418 g/mol. The first kappa shape index (κ1) is 20.1. The van der Waals surface area contributed by atoms with Gasteiger partial charge in [0.05, 0.1) is 19.8 Å². The van der Waals surface area contributed by atoms with Crippen LogP contribution in [0.3, 0.4) is 0 Å². The van der Waals surface area contributed by atoms with Crippen LogP contribution in [0.4, 0.5) is 0 Å². The number of benzene rings is 2. The average molecular weight is 419 g/mol. The number of rotatable bonds is 3. The summed E-state index contributed by atoms with van der Waals surface area (Å²) < 4.78 is 11.4. The van der Waals surface area contributed by atoms with Crippen LogP contribution in [-0.4, -0.2) is 31.5 Å². The minimum absolute atomic E-state index is 0.0443. The molecule has 1 fully saturated rings. The van der Waals surface area contributed by atoms with Crippen molar-refractivity contribution in [3.8, 4) is 11.5 Å². The van der Waals surface area contributed by atoms with E-state index in [0.29, 0.717) is 18.6 Å². The highest BCUT2D eigenvalue weighted by molar-refractivity contribution is 5.88. The molecule has 1 spiro atoms. The quantitative estimate of drug-likeness (QED) is 0.635. The highest BCUT2D eigenvalue weighted by atomic mass is 16.5. The summed E-state index contributed by atoms with van der Waals surface area (Å²) in [4.78, 5) is 16.5. The van der Waals surface area contributed by atoms with E-state index in [1.807, 2.05) is 12.1 Å². The second kappa shape index (κ2) is 7.13. The number of hydrogen-bond acceptors (Lipinski definition) is 4. The second-order valence-electron chi connectivity index (χ2n) is 9.79. The fraction of sp³-hybridized carbons (Fsp3) is 0.423. The van der Waals surface area contributed by atoms with E-state index in [0.717, 1.165) is 41.2 Å². The molecule has 1 aliphatic carbocycles. The van der Waals surface area contributed by atoms with Crippen molar-refractivity contribution in [2.75, 3.05) is 20.8 Å². The SMILES string of the molecule is COc1cccc([C@@H]2CN[C@@]3(CC(=O)CC(C)(C)C3)c3[nH]c4ccccc4c32)c1OC. The van der Waals surface area contributed by atoms with Crippen LogP contribution in [0, 0.1) is 5.41 Å².